The lowest BCUT2D eigenvalue weighted by Gasteiger charge is -2.24. The number of benzene rings is 2. The summed E-state index contributed by atoms with van der Waals surface area (Å²) >= 11 is 12.3. The largest absolute Gasteiger partial charge is 0.422 e. The molecule has 1 aliphatic heterocycles. The molecular weight excluding hydrogens is 399 g/mol. The minimum Gasteiger partial charge on any atom is -0.422 e. The highest BCUT2D eigenvalue weighted by molar-refractivity contribution is 6.42. The number of nitrogens with one attached hydrogen (secondary N) is 1. The van der Waals surface area contributed by atoms with E-state index in [1.165, 1.54) is 0 Å². The summed E-state index contributed by atoms with van der Waals surface area (Å²) in [4.78, 5) is 17.0. The molecule has 0 bridgehead atoms. The summed E-state index contributed by atoms with van der Waals surface area (Å²) in [7, 11) is 0. The zero-order chi connectivity index (χ0) is 19.4. The lowest BCUT2D eigenvalue weighted by atomic mass is 9.86. The fraction of sp³-hybridized carbons (Fsp3) is 0.150. The average Bonchev–Trinajstić information content (AvgIpc) is 3.24. The third-order valence-electron chi connectivity index (χ3n) is 4.91. The maximum absolute atomic E-state index is 12.5. The van der Waals surface area contributed by atoms with Crippen molar-refractivity contribution in [3.8, 4) is 6.01 Å². The number of aryl methyl sites for hydroxylation is 1. The Bertz CT molecular complexity index is 1210. The van der Waals surface area contributed by atoms with Gasteiger partial charge in [0.25, 0.3) is 0 Å². The number of hydrogen-bond donors (Lipinski definition) is 1. The Kier molecular flexibility index (Phi) is 3.92. The molecule has 1 atom stereocenters. The number of carbonyl (C=O) groups is 1. The molecule has 0 saturated heterocycles. The van der Waals surface area contributed by atoms with Gasteiger partial charge in [0.2, 0.25) is 5.91 Å². The summed E-state index contributed by atoms with van der Waals surface area (Å²) in [6, 6.07) is 13.2. The lowest BCUT2D eigenvalue weighted by molar-refractivity contribution is -0.116. The molecule has 1 amide bonds. The first-order valence-corrected chi connectivity index (χ1v) is 9.47. The fourth-order valence-electron chi connectivity index (χ4n) is 3.65. The summed E-state index contributed by atoms with van der Waals surface area (Å²) in [6.45, 7) is 1.90. The first kappa shape index (κ1) is 17.3. The van der Waals surface area contributed by atoms with Crippen molar-refractivity contribution in [2.75, 3.05) is 5.32 Å². The van der Waals surface area contributed by atoms with Crippen LogP contribution in [-0.4, -0.2) is 20.7 Å². The van der Waals surface area contributed by atoms with Gasteiger partial charge >= 0.3 is 6.01 Å². The summed E-state index contributed by atoms with van der Waals surface area (Å²) in [6.07, 6.45) is 0.297. The molecule has 4 aromatic rings. The maximum atomic E-state index is 12.5. The van der Waals surface area contributed by atoms with Crippen LogP contribution in [0, 0.1) is 6.92 Å². The van der Waals surface area contributed by atoms with Gasteiger partial charge in [0.05, 0.1) is 15.7 Å². The highest BCUT2D eigenvalue weighted by Gasteiger charge is 2.33. The molecule has 8 heteroatoms. The molecule has 1 aliphatic rings. The average molecular weight is 413 g/mol. The van der Waals surface area contributed by atoms with Gasteiger partial charge in [-0.2, -0.15) is 14.8 Å². The van der Waals surface area contributed by atoms with Crippen molar-refractivity contribution in [2.24, 2.45) is 0 Å². The number of hydrogen-bond acceptors (Lipinski definition) is 4. The van der Waals surface area contributed by atoms with Crippen molar-refractivity contribution in [1.82, 2.24) is 14.8 Å². The van der Waals surface area contributed by atoms with Crippen molar-refractivity contribution in [3.05, 3.63) is 69.3 Å². The normalized spacial score (nSPS) is 16.2. The number of oxazole rings is 1. The van der Waals surface area contributed by atoms with E-state index in [0.29, 0.717) is 33.9 Å². The summed E-state index contributed by atoms with van der Waals surface area (Å²) in [5.74, 6) is 0.272. The number of amides is 1. The Hall–Kier alpha value is -2.83. The van der Waals surface area contributed by atoms with Crippen LogP contribution < -0.4 is 5.32 Å². The summed E-state index contributed by atoms with van der Waals surface area (Å²) < 4.78 is 7.39. The predicted molar refractivity (Wildman–Crippen MR) is 107 cm³/mol. The fourth-order valence-corrected chi connectivity index (χ4v) is 3.96. The molecular formula is C20H14Cl2N4O2. The molecule has 3 heterocycles. The van der Waals surface area contributed by atoms with Gasteiger partial charge in [0.15, 0.2) is 5.58 Å². The molecule has 1 N–H and O–H groups in total. The summed E-state index contributed by atoms with van der Waals surface area (Å²) in [5.41, 5.74) is 3.99. The Morgan fingerprint density at radius 3 is 2.79 bits per heavy atom. The predicted octanol–water partition coefficient (Wildman–Crippen LogP) is 5.10. The van der Waals surface area contributed by atoms with Crippen molar-refractivity contribution < 1.29 is 9.21 Å². The SMILES string of the molecule is Cc1nn(-c2nc3ccccc3o2)c2c1[C@H](c1ccc(Cl)c(Cl)c1)CC(=O)N2. The van der Waals surface area contributed by atoms with E-state index in [1.54, 1.807) is 16.8 Å². The number of carbonyl (C=O) groups excluding carboxylic acids is 1. The van der Waals surface area contributed by atoms with Crippen molar-refractivity contribution in [2.45, 2.75) is 19.3 Å². The third kappa shape index (κ3) is 2.68. The Morgan fingerprint density at radius 2 is 2.00 bits per heavy atom. The number of nitrogens with zero attached hydrogens (tertiary/aromatic N) is 3. The number of anilines is 1. The Morgan fingerprint density at radius 1 is 1.18 bits per heavy atom. The van der Waals surface area contributed by atoms with E-state index in [4.69, 9.17) is 27.6 Å². The summed E-state index contributed by atoms with van der Waals surface area (Å²) in [5, 5.41) is 8.45. The number of rotatable bonds is 2. The van der Waals surface area contributed by atoms with E-state index in [-0.39, 0.29) is 11.8 Å². The van der Waals surface area contributed by atoms with E-state index in [0.717, 1.165) is 22.3 Å². The highest BCUT2D eigenvalue weighted by atomic mass is 35.5. The van der Waals surface area contributed by atoms with Crippen LogP contribution in [0.1, 0.15) is 29.2 Å². The molecule has 0 aliphatic carbocycles. The van der Waals surface area contributed by atoms with Crippen molar-refractivity contribution >= 4 is 46.0 Å². The molecule has 0 unspecified atom stereocenters. The smallest absolute Gasteiger partial charge is 0.325 e. The van der Waals surface area contributed by atoms with Crippen LogP contribution in [0.3, 0.4) is 0 Å². The Balaban J connectivity index is 1.68. The second kappa shape index (κ2) is 6.36. The molecule has 2 aromatic heterocycles. The van der Waals surface area contributed by atoms with E-state index in [1.807, 2.05) is 37.3 Å². The molecule has 6 nitrogen and oxygen atoms in total. The number of halogens is 2. The van der Waals surface area contributed by atoms with Crippen LogP contribution in [0.2, 0.25) is 10.0 Å². The van der Waals surface area contributed by atoms with Crippen LogP contribution >= 0.6 is 23.2 Å². The van der Waals surface area contributed by atoms with Gasteiger partial charge < -0.3 is 9.73 Å². The van der Waals surface area contributed by atoms with Crippen LogP contribution in [0.15, 0.2) is 46.9 Å². The standard InChI is InChI=1S/C20H14Cl2N4O2/c1-10-18-12(11-6-7-13(21)14(22)8-11)9-17(27)24-19(18)26(25-10)20-23-15-4-2-3-5-16(15)28-20/h2-8,12H,9H2,1H3,(H,24,27)/t12-/m0/s1. The minimum atomic E-state index is -0.184. The first-order chi connectivity index (χ1) is 13.5. The molecule has 2 aromatic carbocycles. The van der Waals surface area contributed by atoms with Gasteiger partial charge in [-0.1, -0.05) is 41.4 Å². The van der Waals surface area contributed by atoms with E-state index in [9.17, 15) is 4.79 Å². The molecule has 0 radical (unpaired) electrons. The first-order valence-electron chi connectivity index (χ1n) is 8.71. The van der Waals surface area contributed by atoms with Crippen LogP contribution in [0.4, 0.5) is 5.82 Å². The van der Waals surface area contributed by atoms with Crippen molar-refractivity contribution in [1.29, 1.82) is 0 Å². The van der Waals surface area contributed by atoms with Crippen LogP contribution in [0.5, 0.6) is 0 Å². The lowest BCUT2D eigenvalue weighted by Crippen LogP contribution is -2.25. The van der Waals surface area contributed by atoms with E-state index >= 15 is 0 Å². The molecule has 140 valence electrons. The number of para-hydroxylation sites is 2. The maximum Gasteiger partial charge on any atom is 0.325 e. The molecule has 5 rings (SSSR count). The monoisotopic (exact) mass is 412 g/mol. The highest BCUT2D eigenvalue weighted by Crippen LogP contribution is 2.41. The van der Waals surface area contributed by atoms with Gasteiger partial charge in [0, 0.05) is 17.9 Å². The van der Waals surface area contributed by atoms with Gasteiger partial charge in [0.1, 0.15) is 11.3 Å². The van der Waals surface area contributed by atoms with Gasteiger partial charge in [-0.25, -0.2) is 0 Å². The van der Waals surface area contributed by atoms with Crippen LogP contribution in [-0.2, 0) is 4.79 Å². The second-order valence-corrected chi connectivity index (χ2v) is 7.52. The van der Waals surface area contributed by atoms with Gasteiger partial charge in [-0.15, -0.1) is 0 Å². The molecule has 0 spiro atoms. The molecule has 0 fully saturated rings. The number of aromatic nitrogens is 3. The van der Waals surface area contributed by atoms with E-state index in [2.05, 4.69) is 15.4 Å². The quantitative estimate of drug-likeness (QED) is 0.496. The topological polar surface area (TPSA) is 73.0 Å². The number of fused-ring (bicyclic) bond motifs is 2. The molecule has 28 heavy (non-hydrogen) atoms. The third-order valence-corrected chi connectivity index (χ3v) is 5.65. The second-order valence-electron chi connectivity index (χ2n) is 6.70. The zero-order valence-electron chi connectivity index (χ0n) is 14.7. The Labute approximate surface area is 170 Å². The minimum absolute atomic E-state index is 0.110. The van der Waals surface area contributed by atoms with E-state index < -0.39 is 0 Å². The molecule has 0 saturated carbocycles. The van der Waals surface area contributed by atoms with Crippen molar-refractivity contribution in [3.63, 3.8) is 0 Å². The van der Waals surface area contributed by atoms with Gasteiger partial charge in [-0.05, 0) is 36.8 Å². The van der Waals surface area contributed by atoms with Gasteiger partial charge in [-0.3, -0.25) is 4.79 Å². The van der Waals surface area contributed by atoms with Crippen LogP contribution in [0.25, 0.3) is 17.1 Å². The zero-order valence-corrected chi connectivity index (χ0v) is 16.3.